The lowest BCUT2D eigenvalue weighted by Gasteiger charge is -2.37. The first-order chi connectivity index (χ1) is 8.36. The molecule has 7 heteroatoms. The third kappa shape index (κ3) is 2.87. The lowest BCUT2D eigenvalue weighted by Crippen LogP contribution is -2.54. The van der Waals surface area contributed by atoms with Crippen LogP contribution in [0, 0.1) is 0 Å². The van der Waals surface area contributed by atoms with E-state index in [0.717, 1.165) is 12.1 Å². The molecular formula is C11H9ClF3NO2. The Morgan fingerprint density at radius 1 is 1.39 bits per heavy atom. The number of ether oxygens (including phenoxy) is 1. The van der Waals surface area contributed by atoms with E-state index in [-0.39, 0.29) is 11.9 Å². The summed E-state index contributed by atoms with van der Waals surface area (Å²) in [7, 11) is 0. The second-order valence-corrected chi connectivity index (χ2v) is 4.25. The Bertz CT molecular complexity index is 458. The maximum atomic E-state index is 12.4. The molecule has 0 saturated carbocycles. The van der Waals surface area contributed by atoms with Crippen LogP contribution in [0.1, 0.15) is 5.56 Å². The first-order valence-corrected chi connectivity index (χ1v) is 5.52. The van der Waals surface area contributed by atoms with Crippen LogP contribution in [0.15, 0.2) is 24.3 Å². The number of alkyl halides is 3. The van der Waals surface area contributed by atoms with E-state index in [0.29, 0.717) is 13.1 Å². The van der Waals surface area contributed by atoms with Gasteiger partial charge in [-0.1, -0.05) is 6.07 Å². The second-order valence-electron chi connectivity index (χ2n) is 3.92. The predicted octanol–water partition coefficient (Wildman–Crippen LogP) is 3.13. The maximum absolute atomic E-state index is 12.4. The number of halogens is 4. The minimum Gasteiger partial charge on any atom is -0.487 e. The zero-order valence-corrected chi connectivity index (χ0v) is 9.83. The van der Waals surface area contributed by atoms with E-state index in [1.165, 1.54) is 17.0 Å². The number of rotatable bonds is 2. The summed E-state index contributed by atoms with van der Waals surface area (Å²) in [6.45, 7) is 0.581. The Hall–Kier alpha value is -1.43. The van der Waals surface area contributed by atoms with E-state index in [9.17, 15) is 18.0 Å². The van der Waals surface area contributed by atoms with E-state index in [1.54, 1.807) is 0 Å². The fourth-order valence-corrected chi connectivity index (χ4v) is 1.73. The molecule has 1 aromatic carbocycles. The van der Waals surface area contributed by atoms with E-state index < -0.39 is 17.1 Å². The second kappa shape index (κ2) is 4.68. The van der Waals surface area contributed by atoms with Gasteiger partial charge in [0.2, 0.25) is 0 Å². The molecule has 1 fully saturated rings. The van der Waals surface area contributed by atoms with Crippen LogP contribution in [0.3, 0.4) is 0 Å². The highest BCUT2D eigenvalue weighted by Crippen LogP contribution is 2.32. The summed E-state index contributed by atoms with van der Waals surface area (Å²) in [4.78, 5) is 12.0. The number of carbonyl (C=O) groups is 1. The zero-order valence-electron chi connectivity index (χ0n) is 9.08. The van der Waals surface area contributed by atoms with Gasteiger partial charge in [-0.05, 0) is 29.8 Å². The highest BCUT2D eigenvalue weighted by atomic mass is 35.5. The van der Waals surface area contributed by atoms with E-state index in [4.69, 9.17) is 16.3 Å². The summed E-state index contributed by atoms with van der Waals surface area (Å²) in [5.41, 5.74) is -0.760. The molecule has 0 atom stereocenters. The van der Waals surface area contributed by atoms with Crippen LogP contribution in [-0.2, 0) is 6.18 Å². The van der Waals surface area contributed by atoms with Crippen molar-refractivity contribution >= 4 is 17.0 Å². The van der Waals surface area contributed by atoms with Crippen molar-refractivity contribution < 1.29 is 22.7 Å². The average molecular weight is 280 g/mol. The molecule has 0 N–H and O–H groups in total. The molecule has 0 bridgehead atoms. The van der Waals surface area contributed by atoms with Crippen LogP contribution < -0.4 is 4.74 Å². The number of amides is 1. The van der Waals surface area contributed by atoms with Crippen LogP contribution in [0.25, 0.3) is 0 Å². The maximum Gasteiger partial charge on any atom is 0.416 e. The van der Waals surface area contributed by atoms with Crippen molar-refractivity contribution in [2.75, 3.05) is 13.1 Å². The van der Waals surface area contributed by atoms with Gasteiger partial charge in [0.1, 0.15) is 11.9 Å². The Morgan fingerprint density at radius 3 is 2.61 bits per heavy atom. The summed E-state index contributed by atoms with van der Waals surface area (Å²) in [6.07, 6.45) is -4.70. The summed E-state index contributed by atoms with van der Waals surface area (Å²) in [5.74, 6) is 0.136. The van der Waals surface area contributed by atoms with Gasteiger partial charge in [0, 0.05) is 0 Å². The van der Waals surface area contributed by atoms with Crippen molar-refractivity contribution in [2.45, 2.75) is 12.3 Å². The lowest BCUT2D eigenvalue weighted by atomic mass is 10.1. The summed E-state index contributed by atoms with van der Waals surface area (Å²) < 4.78 is 42.6. The number of likely N-dealkylation sites (tertiary alicyclic amines) is 1. The van der Waals surface area contributed by atoms with Gasteiger partial charge in [-0.3, -0.25) is 4.79 Å². The van der Waals surface area contributed by atoms with Crippen LogP contribution in [0.2, 0.25) is 0 Å². The predicted molar refractivity (Wildman–Crippen MR) is 58.7 cm³/mol. The Kier molecular flexibility index (Phi) is 3.38. The van der Waals surface area contributed by atoms with Crippen molar-refractivity contribution in [3.8, 4) is 5.75 Å². The third-order valence-electron chi connectivity index (χ3n) is 2.56. The minimum absolute atomic E-state index is 0.136. The van der Waals surface area contributed by atoms with Crippen LogP contribution in [0.4, 0.5) is 18.0 Å². The third-order valence-corrected chi connectivity index (χ3v) is 2.80. The molecule has 1 aromatic rings. The summed E-state index contributed by atoms with van der Waals surface area (Å²) in [6, 6.07) is 4.63. The molecule has 98 valence electrons. The van der Waals surface area contributed by atoms with Crippen LogP contribution in [-0.4, -0.2) is 29.5 Å². The van der Waals surface area contributed by atoms with Gasteiger partial charge >= 0.3 is 11.5 Å². The average Bonchev–Trinajstić information content (AvgIpc) is 2.21. The fraction of sp³-hybridized carbons (Fsp3) is 0.364. The Balaban J connectivity index is 1.97. The monoisotopic (exact) mass is 279 g/mol. The van der Waals surface area contributed by atoms with Gasteiger partial charge in [0.05, 0.1) is 18.7 Å². The first-order valence-electron chi connectivity index (χ1n) is 5.14. The van der Waals surface area contributed by atoms with Gasteiger partial charge in [-0.15, -0.1) is 0 Å². The van der Waals surface area contributed by atoms with Crippen LogP contribution in [0.5, 0.6) is 5.75 Å². The molecule has 18 heavy (non-hydrogen) atoms. The smallest absolute Gasteiger partial charge is 0.416 e. The number of benzene rings is 1. The molecule has 1 aliphatic heterocycles. The molecule has 0 aromatic heterocycles. The number of nitrogens with zero attached hydrogens (tertiary/aromatic N) is 1. The number of carbonyl (C=O) groups excluding carboxylic acids is 1. The zero-order chi connectivity index (χ0) is 13.3. The molecule has 0 aliphatic carbocycles. The molecule has 0 radical (unpaired) electrons. The molecule has 1 aliphatic rings. The van der Waals surface area contributed by atoms with E-state index >= 15 is 0 Å². The molecule has 0 unspecified atom stereocenters. The lowest BCUT2D eigenvalue weighted by molar-refractivity contribution is -0.137. The van der Waals surface area contributed by atoms with Crippen molar-refractivity contribution in [2.24, 2.45) is 0 Å². The molecule has 1 saturated heterocycles. The van der Waals surface area contributed by atoms with Gasteiger partial charge in [-0.25, -0.2) is 0 Å². The quantitative estimate of drug-likeness (QED) is 0.615. The number of hydrogen-bond acceptors (Lipinski definition) is 2. The van der Waals surface area contributed by atoms with Gasteiger partial charge in [0.25, 0.3) is 0 Å². The van der Waals surface area contributed by atoms with Crippen molar-refractivity contribution in [3.63, 3.8) is 0 Å². The standard InChI is InChI=1S/C11H9ClF3NO2/c12-10(17)16-5-9(6-16)18-8-3-1-2-7(4-8)11(13,14)15/h1-4,9H,5-6H2. The van der Waals surface area contributed by atoms with Crippen molar-refractivity contribution in [1.29, 1.82) is 0 Å². The van der Waals surface area contributed by atoms with Gasteiger partial charge in [0.15, 0.2) is 0 Å². The number of hydrogen-bond donors (Lipinski definition) is 0. The minimum atomic E-state index is -4.39. The Morgan fingerprint density at radius 2 is 2.06 bits per heavy atom. The fourth-order valence-electron chi connectivity index (χ4n) is 1.59. The summed E-state index contributed by atoms with van der Waals surface area (Å²) >= 11 is 5.22. The van der Waals surface area contributed by atoms with Gasteiger partial charge in [-0.2, -0.15) is 13.2 Å². The molecular weight excluding hydrogens is 271 g/mol. The molecule has 1 amide bonds. The van der Waals surface area contributed by atoms with Crippen molar-refractivity contribution in [1.82, 2.24) is 4.90 Å². The first kappa shape index (κ1) is 13.0. The Labute approximate surface area is 106 Å². The highest BCUT2D eigenvalue weighted by molar-refractivity contribution is 6.62. The molecule has 1 heterocycles. The summed E-state index contributed by atoms with van der Waals surface area (Å²) in [5, 5.41) is -0.584. The van der Waals surface area contributed by atoms with E-state index in [1.807, 2.05) is 0 Å². The van der Waals surface area contributed by atoms with E-state index in [2.05, 4.69) is 0 Å². The van der Waals surface area contributed by atoms with Crippen LogP contribution >= 0.6 is 11.6 Å². The molecule has 2 rings (SSSR count). The largest absolute Gasteiger partial charge is 0.487 e. The van der Waals surface area contributed by atoms with Gasteiger partial charge < -0.3 is 9.64 Å². The molecule has 3 nitrogen and oxygen atoms in total. The van der Waals surface area contributed by atoms with Crippen molar-refractivity contribution in [3.05, 3.63) is 29.8 Å². The topological polar surface area (TPSA) is 29.5 Å². The SMILES string of the molecule is O=C(Cl)N1CC(Oc2cccc(C(F)(F)F)c2)C1. The highest BCUT2D eigenvalue weighted by Gasteiger charge is 2.33. The molecule has 0 spiro atoms. The normalized spacial score (nSPS) is 16.3.